The molecule has 1 amide bonds. The number of hydrogen-bond acceptors (Lipinski definition) is 4. The molecule has 0 saturated carbocycles. The molecule has 1 aliphatic heterocycles. The highest BCUT2D eigenvalue weighted by Gasteiger charge is 2.35. The van der Waals surface area contributed by atoms with E-state index in [-0.39, 0.29) is 11.3 Å². The fraction of sp³-hybridized carbons (Fsp3) is 0.0952. The number of fused-ring (bicyclic) bond motifs is 1. The lowest BCUT2D eigenvalue weighted by atomic mass is 10.0. The number of halogens is 2. The average molecular weight is 395 g/mol. The number of nitrogens with zero attached hydrogens (tertiary/aromatic N) is 2. The van der Waals surface area contributed by atoms with E-state index in [9.17, 15) is 23.7 Å². The number of hydrogen-bond donors (Lipinski definition) is 1. The molecule has 1 unspecified atom stereocenters. The highest BCUT2D eigenvalue weighted by molar-refractivity contribution is 5.91. The molecule has 0 spiro atoms. The minimum atomic E-state index is -0.736. The number of primary amides is 1. The normalized spacial score (nSPS) is 15.2. The van der Waals surface area contributed by atoms with Gasteiger partial charge >= 0.3 is 0 Å². The minimum Gasteiger partial charge on any atom is -0.368 e. The molecule has 0 radical (unpaired) electrons. The number of carbonyl (C=O) groups excluding carboxylic acids is 1. The maximum atomic E-state index is 14.2. The van der Waals surface area contributed by atoms with Gasteiger partial charge in [-0.1, -0.05) is 18.2 Å². The summed E-state index contributed by atoms with van der Waals surface area (Å²) in [5.74, 6) is -1.98. The van der Waals surface area contributed by atoms with Crippen molar-refractivity contribution in [3.05, 3.63) is 88.0 Å². The van der Waals surface area contributed by atoms with Gasteiger partial charge in [0.05, 0.1) is 10.6 Å². The van der Waals surface area contributed by atoms with Crippen LogP contribution in [0.2, 0.25) is 0 Å². The van der Waals surface area contributed by atoms with Crippen molar-refractivity contribution in [2.45, 2.75) is 12.5 Å². The maximum Gasteiger partial charge on any atom is 0.271 e. The number of benzene rings is 3. The van der Waals surface area contributed by atoms with Crippen molar-refractivity contribution < 1.29 is 18.5 Å². The van der Waals surface area contributed by atoms with Crippen LogP contribution in [0.1, 0.15) is 5.56 Å². The SMILES string of the molecule is NC(=O)C1Cc2ccc([N+](=O)[O-])cc2N1c1cccc(-c2ccc(F)cc2F)c1. The molecule has 0 aliphatic carbocycles. The van der Waals surface area contributed by atoms with Gasteiger partial charge in [0.2, 0.25) is 5.91 Å². The summed E-state index contributed by atoms with van der Waals surface area (Å²) in [6, 6.07) is 13.6. The number of amides is 1. The van der Waals surface area contributed by atoms with E-state index in [0.717, 1.165) is 17.7 Å². The highest BCUT2D eigenvalue weighted by Crippen LogP contribution is 2.41. The molecule has 3 aromatic rings. The second-order valence-electron chi connectivity index (χ2n) is 6.74. The van der Waals surface area contributed by atoms with E-state index >= 15 is 0 Å². The summed E-state index contributed by atoms with van der Waals surface area (Å²) in [5.41, 5.74) is 7.91. The first kappa shape index (κ1) is 18.5. The lowest BCUT2D eigenvalue weighted by Crippen LogP contribution is -2.40. The van der Waals surface area contributed by atoms with Gasteiger partial charge in [-0.2, -0.15) is 0 Å². The zero-order valence-electron chi connectivity index (χ0n) is 15.0. The molecule has 1 heterocycles. The average Bonchev–Trinajstić information content (AvgIpc) is 3.07. The first-order valence-electron chi connectivity index (χ1n) is 8.76. The Morgan fingerprint density at radius 2 is 1.90 bits per heavy atom. The van der Waals surface area contributed by atoms with Gasteiger partial charge < -0.3 is 10.6 Å². The Balaban J connectivity index is 1.84. The fourth-order valence-electron chi connectivity index (χ4n) is 3.62. The summed E-state index contributed by atoms with van der Waals surface area (Å²) in [6.07, 6.45) is 0.303. The Labute approximate surface area is 164 Å². The molecular formula is C21H15F2N3O3. The topological polar surface area (TPSA) is 89.5 Å². The molecule has 3 aromatic carbocycles. The third kappa shape index (κ3) is 3.29. The van der Waals surface area contributed by atoms with Crippen molar-refractivity contribution in [3.63, 3.8) is 0 Å². The molecule has 8 heteroatoms. The summed E-state index contributed by atoms with van der Waals surface area (Å²) in [7, 11) is 0. The lowest BCUT2D eigenvalue weighted by molar-refractivity contribution is -0.384. The van der Waals surface area contributed by atoms with Crippen molar-refractivity contribution in [1.82, 2.24) is 0 Å². The number of nitro groups is 1. The monoisotopic (exact) mass is 395 g/mol. The zero-order chi connectivity index (χ0) is 20.7. The predicted molar refractivity (Wildman–Crippen MR) is 104 cm³/mol. The second kappa shape index (κ2) is 6.97. The van der Waals surface area contributed by atoms with Crippen LogP contribution in [-0.4, -0.2) is 16.9 Å². The first-order chi connectivity index (χ1) is 13.8. The van der Waals surface area contributed by atoms with Crippen molar-refractivity contribution in [1.29, 1.82) is 0 Å². The zero-order valence-corrected chi connectivity index (χ0v) is 15.0. The summed E-state index contributed by atoms with van der Waals surface area (Å²) < 4.78 is 27.5. The summed E-state index contributed by atoms with van der Waals surface area (Å²) in [6.45, 7) is 0. The van der Waals surface area contributed by atoms with Gasteiger partial charge in [-0.3, -0.25) is 14.9 Å². The molecule has 146 valence electrons. The maximum absolute atomic E-state index is 14.2. The molecule has 4 rings (SSSR count). The number of nitrogens with two attached hydrogens (primary N) is 1. The van der Waals surface area contributed by atoms with E-state index in [0.29, 0.717) is 23.4 Å². The Hall–Kier alpha value is -3.81. The largest absolute Gasteiger partial charge is 0.368 e. The van der Waals surface area contributed by atoms with Crippen molar-refractivity contribution in [2.24, 2.45) is 5.73 Å². The quantitative estimate of drug-likeness (QED) is 0.532. The fourth-order valence-corrected chi connectivity index (χ4v) is 3.62. The number of non-ortho nitro benzene ring substituents is 1. The molecule has 2 N–H and O–H groups in total. The summed E-state index contributed by atoms with van der Waals surface area (Å²) in [5, 5.41) is 11.2. The van der Waals surface area contributed by atoms with Crippen LogP contribution < -0.4 is 10.6 Å². The van der Waals surface area contributed by atoms with Crippen molar-refractivity contribution >= 4 is 23.0 Å². The van der Waals surface area contributed by atoms with Gasteiger partial charge in [-0.05, 0) is 35.4 Å². The van der Waals surface area contributed by atoms with E-state index in [1.807, 2.05) is 0 Å². The molecule has 0 fully saturated rings. The van der Waals surface area contributed by atoms with E-state index in [1.54, 1.807) is 35.2 Å². The molecule has 0 saturated heterocycles. The third-order valence-electron chi connectivity index (χ3n) is 4.96. The van der Waals surface area contributed by atoms with Crippen LogP contribution in [0.3, 0.4) is 0 Å². The van der Waals surface area contributed by atoms with Crippen LogP contribution in [0.25, 0.3) is 11.1 Å². The lowest BCUT2D eigenvalue weighted by Gasteiger charge is -2.26. The van der Waals surface area contributed by atoms with E-state index in [4.69, 9.17) is 5.73 Å². The number of nitro benzene ring substituents is 1. The van der Waals surface area contributed by atoms with Crippen LogP contribution in [0.15, 0.2) is 60.7 Å². The van der Waals surface area contributed by atoms with Crippen LogP contribution in [-0.2, 0) is 11.2 Å². The van der Waals surface area contributed by atoms with Gasteiger partial charge in [0.1, 0.15) is 17.7 Å². The van der Waals surface area contributed by atoms with E-state index in [1.165, 1.54) is 18.2 Å². The van der Waals surface area contributed by atoms with Gasteiger partial charge in [0.25, 0.3) is 5.69 Å². The Kier molecular flexibility index (Phi) is 4.46. The molecule has 29 heavy (non-hydrogen) atoms. The van der Waals surface area contributed by atoms with Crippen molar-refractivity contribution in [3.8, 4) is 11.1 Å². The number of carbonyl (C=O) groups is 1. The molecule has 1 atom stereocenters. The first-order valence-corrected chi connectivity index (χ1v) is 8.76. The van der Waals surface area contributed by atoms with Crippen molar-refractivity contribution in [2.75, 3.05) is 4.90 Å². The highest BCUT2D eigenvalue weighted by atomic mass is 19.1. The van der Waals surface area contributed by atoms with Gasteiger partial charge in [-0.15, -0.1) is 0 Å². The van der Waals surface area contributed by atoms with E-state index < -0.39 is 28.5 Å². The van der Waals surface area contributed by atoms with E-state index in [2.05, 4.69) is 0 Å². The molecule has 0 bridgehead atoms. The Morgan fingerprint density at radius 1 is 1.10 bits per heavy atom. The standard InChI is InChI=1S/C21H15F2N3O3/c22-14-5-7-17(18(23)10-14)12-2-1-3-15(8-12)25-19-11-16(26(28)29)6-4-13(19)9-20(25)21(24)27/h1-8,10-11,20H,9H2,(H2,24,27). The van der Waals surface area contributed by atoms with Crippen LogP contribution in [0.5, 0.6) is 0 Å². The minimum absolute atomic E-state index is 0.111. The van der Waals surface area contributed by atoms with Crippen LogP contribution in [0, 0.1) is 21.7 Å². The summed E-state index contributed by atoms with van der Waals surface area (Å²) >= 11 is 0. The molecule has 1 aliphatic rings. The molecule has 6 nitrogen and oxygen atoms in total. The Morgan fingerprint density at radius 3 is 2.59 bits per heavy atom. The predicted octanol–water partition coefficient (Wildman–Crippen LogP) is 4.09. The molecule has 0 aromatic heterocycles. The van der Waals surface area contributed by atoms with Gasteiger partial charge in [0, 0.05) is 35.9 Å². The van der Waals surface area contributed by atoms with Crippen LogP contribution >= 0.6 is 0 Å². The summed E-state index contributed by atoms with van der Waals surface area (Å²) in [4.78, 5) is 24.4. The third-order valence-corrected chi connectivity index (χ3v) is 4.96. The Bertz CT molecular complexity index is 1150. The second-order valence-corrected chi connectivity index (χ2v) is 6.74. The van der Waals surface area contributed by atoms with Gasteiger partial charge in [-0.25, -0.2) is 8.78 Å². The van der Waals surface area contributed by atoms with Gasteiger partial charge in [0.15, 0.2) is 0 Å². The molecular weight excluding hydrogens is 380 g/mol. The smallest absolute Gasteiger partial charge is 0.271 e. The van der Waals surface area contributed by atoms with Crippen LogP contribution in [0.4, 0.5) is 25.8 Å². The number of rotatable bonds is 4. The number of anilines is 2.